The molecule has 0 spiro atoms. The maximum Gasteiger partial charge on any atom is 0.227 e. The lowest BCUT2D eigenvalue weighted by Crippen LogP contribution is -2.00. The highest BCUT2D eigenvalue weighted by molar-refractivity contribution is 7.98. The van der Waals surface area contributed by atoms with Crippen LogP contribution in [0, 0.1) is 12.7 Å². The van der Waals surface area contributed by atoms with Gasteiger partial charge in [-0.2, -0.15) is 5.10 Å². The monoisotopic (exact) mass is 391 g/mol. The fourth-order valence-corrected chi connectivity index (χ4v) is 3.58. The Morgan fingerprint density at radius 1 is 1.00 bits per heavy atom. The summed E-state index contributed by atoms with van der Waals surface area (Å²) in [5, 5.41) is 8.77. The number of halogens is 1. The van der Waals surface area contributed by atoms with Crippen molar-refractivity contribution in [3.05, 3.63) is 78.4 Å². The van der Waals surface area contributed by atoms with Gasteiger partial charge in [0.05, 0.1) is 22.6 Å². The van der Waals surface area contributed by atoms with Gasteiger partial charge in [0.1, 0.15) is 10.8 Å². The van der Waals surface area contributed by atoms with E-state index < -0.39 is 0 Å². The summed E-state index contributed by atoms with van der Waals surface area (Å²) in [6.45, 7) is 2.03. The fraction of sp³-hybridized carbons (Fsp3) is 0.0952. The van der Waals surface area contributed by atoms with E-state index in [1.165, 1.54) is 12.1 Å². The summed E-state index contributed by atoms with van der Waals surface area (Å²) < 4.78 is 15.0. The Hall–Kier alpha value is -3.19. The van der Waals surface area contributed by atoms with Crippen LogP contribution in [0.4, 0.5) is 16.0 Å². The molecule has 0 aliphatic carbocycles. The summed E-state index contributed by atoms with van der Waals surface area (Å²) >= 11 is 1.58. The lowest BCUT2D eigenvalue weighted by molar-refractivity contribution is 0.628. The maximum absolute atomic E-state index is 13.1. The topological polar surface area (TPSA) is 55.6 Å². The molecule has 0 unspecified atom stereocenters. The van der Waals surface area contributed by atoms with Crippen molar-refractivity contribution in [2.75, 3.05) is 11.6 Å². The van der Waals surface area contributed by atoms with E-state index in [1.54, 1.807) is 30.1 Å². The molecule has 2 aromatic carbocycles. The Balaban J connectivity index is 1.73. The first-order chi connectivity index (χ1) is 13.7. The first kappa shape index (κ1) is 18.2. The van der Waals surface area contributed by atoms with Gasteiger partial charge in [-0.25, -0.2) is 19.0 Å². The highest BCUT2D eigenvalue weighted by Gasteiger charge is 2.18. The van der Waals surface area contributed by atoms with E-state index >= 15 is 0 Å². The highest BCUT2D eigenvalue weighted by atomic mass is 32.2. The zero-order valence-corrected chi connectivity index (χ0v) is 16.2. The number of rotatable bonds is 5. The van der Waals surface area contributed by atoms with Crippen molar-refractivity contribution in [3.63, 3.8) is 0 Å². The van der Waals surface area contributed by atoms with Gasteiger partial charge in [-0.3, -0.25) is 0 Å². The molecule has 7 heteroatoms. The first-order valence-corrected chi connectivity index (χ1v) is 9.93. The van der Waals surface area contributed by atoms with Crippen LogP contribution >= 0.6 is 11.8 Å². The number of para-hydroxylation sites is 1. The number of benzene rings is 2. The molecule has 0 saturated carbocycles. The van der Waals surface area contributed by atoms with Crippen molar-refractivity contribution in [1.82, 2.24) is 19.7 Å². The molecular weight excluding hydrogens is 373 g/mol. The van der Waals surface area contributed by atoms with E-state index in [1.807, 2.05) is 54.3 Å². The molecule has 0 bridgehead atoms. The number of anilines is 2. The van der Waals surface area contributed by atoms with Crippen LogP contribution in [0.2, 0.25) is 0 Å². The van der Waals surface area contributed by atoms with Crippen LogP contribution in [0.25, 0.3) is 16.9 Å². The minimum Gasteiger partial charge on any atom is -0.324 e. The zero-order chi connectivity index (χ0) is 19.5. The van der Waals surface area contributed by atoms with Gasteiger partial charge < -0.3 is 5.32 Å². The van der Waals surface area contributed by atoms with Crippen LogP contribution in [0.1, 0.15) is 5.69 Å². The molecule has 0 amide bonds. The molecule has 4 aromatic rings. The van der Waals surface area contributed by atoms with E-state index in [2.05, 4.69) is 15.3 Å². The van der Waals surface area contributed by atoms with E-state index in [9.17, 15) is 4.39 Å². The normalized spacial score (nSPS) is 10.8. The second kappa shape index (κ2) is 7.82. The first-order valence-electron chi connectivity index (χ1n) is 8.71. The van der Waals surface area contributed by atoms with Gasteiger partial charge in [0, 0.05) is 11.9 Å². The molecule has 4 rings (SSSR count). The summed E-state index contributed by atoms with van der Waals surface area (Å²) in [6, 6.07) is 18.0. The van der Waals surface area contributed by atoms with Crippen LogP contribution in [-0.2, 0) is 0 Å². The molecule has 2 heterocycles. The predicted octanol–water partition coefficient (Wildman–Crippen LogP) is 5.24. The molecule has 0 fully saturated rings. The van der Waals surface area contributed by atoms with Crippen LogP contribution < -0.4 is 5.32 Å². The Morgan fingerprint density at radius 2 is 1.75 bits per heavy atom. The fourth-order valence-electron chi connectivity index (χ4n) is 2.96. The van der Waals surface area contributed by atoms with Crippen molar-refractivity contribution in [2.24, 2.45) is 0 Å². The molecule has 0 atom stereocenters. The number of hydrogen-bond acceptors (Lipinski definition) is 5. The highest BCUT2D eigenvalue weighted by Crippen LogP contribution is 2.33. The third-order valence-electron chi connectivity index (χ3n) is 4.29. The quantitative estimate of drug-likeness (QED) is 0.471. The number of nitrogens with zero attached hydrogens (tertiary/aromatic N) is 4. The average molecular weight is 391 g/mol. The van der Waals surface area contributed by atoms with Crippen molar-refractivity contribution in [3.8, 4) is 16.9 Å². The largest absolute Gasteiger partial charge is 0.324 e. The number of hydrogen-bond donors (Lipinski definition) is 1. The predicted molar refractivity (Wildman–Crippen MR) is 111 cm³/mol. The van der Waals surface area contributed by atoms with Crippen LogP contribution in [0.5, 0.6) is 0 Å². The molecule has 0 aliphatic heterocycles. The minimum absolute atomic E-state index is 0.284. The Morgan fingerprint density at radius 3 is 2.46 bits per heavy atom. The third-order valence-corrected chi connectivity index (χ3v) is 4.96. The molecule has 0 aliphatic rings. The lowest BCUT2D eigenvalue weighted by Gasteiger charge is -2.08. The molecule has 1 N–H and O–H groups in total. The summed E-state index contributed by atoms with van der Waals surface area (Å²) in [4.78, 5) is 8.94. The minimum atomic E-state index is -0.284. The van der Waals surface area contributed by atoms with E-state index in [0.29, 0.717) is 5.95 Å². The Kier molecular flexibility index (Phi) is 5.08. The summed E-state index contributed by atoms with van der Waals surface area (Å²) in [5.74, 6) is 0.164. The standard InChI is InChI=1S/C21H18FN5S/c1-14-19(20(28-2)26-27(14)17-6-4-3-5-7-17)18-12-13-23-21(25-18)24-16-10-8-15(22)9-11-16/h3-13H,1-2H3,(H,23,24,25). The van der Waals surface area contributed by atoms with E-state index in [0.717, 1.165) is 33.4 Å². The molecule has 0 saturated heterocycles. The molecular formula is C21H18FN5S. The molecule has 5 nitrogen and oxygen atoms in total. The SMILES string of the molecule is CSc1nn(-c2ccccc2)c(C)c1-c1ccnc(Nc2ccc(F)cc2)n1. The third kappa shape index (κ3) is 3.61. The zero-order valence-electron chi connectivity index (χ0n) is 15.4. The second-order valence-electron chi connectivity index (χ2n) is 6.11. The van der Waals surface area contributed by atoms with Gasteiger partial charge in [0.15, 0.2) is 0 Å². The summed E-state index contributed by atoms with van der Waals surface area (Å²) in [6.07, 6.45) is 3.71. The molecule has 2 aromatic heterocycles. The maximum atomic E-state index is 13.1. The second-order valence-corrected chi connectivity index (χ2v) is 6.91. The summed E-state index contributed by atoms with van der Waals surface area (Å²) in [5.41, 5.74) is 4.48. The van der Waals surface area contributed by atoms with Gasteiger partial charge in [0.2, 0.25) is 5.95 Å². The van der Waals surface area contributed by atoms with Crippen LogP contribution in [0.3, 0.4) is 0 Å². The molecule has 140 valence electrons. The average Bonchev–Trinajstić information content (AvgIpc) is 3.07. The molecule has 0 radical (unpaired) electrons. The van der Waals surface area contributed by atoms with Crippen molar-refractivity contribution in [2.45, 2.75) is 11.9 Å². The smallest absolute Gasteiger partial charge is 0.227 e. The van der Waals surface area contributed by atoms with Crippen LogP contribution in [0.15, 0.2) is 71.9 Å². The summed E-state index contributed by atoms with van der Waals surface area (Å²) in [7, 11) is 0. The van der Waals surface area contributed by atoms with Crippen LogP contribution in [-0.4, -0.2) is 26.0 Å². The number of nitrogens with one attached hydrogen (secondary N) is 1. The van der Waals surface area contributed by atoms with Gasteiger partial charge >= 0.3 is 0 Å². The Labute approximate surface area is 166 Å². The van der Waals surface area contributed by atoms with E-state index in [4.69, 9.17) is 5.10 Å². The van der Waals surface area contributed by atoms with Gasteiger partial charge in [0.25, 0.3) is 0 Å². The van der Waals surface area contributed by atoms with Gasteiger partial charge in [-0.05, 0) is 55.6 Å². The van der Waals surface area contributed by atoms with Crippen molar-refractivity contribution in [1.29, 1.82) is 0 Å². The number of thioether (sulfide) groups is 1. The Bertz CT molecular complexity index is 1090. The van der Waals surface area contributed by atoms with Crippen molar-refractivity contribution < 1.29 is 4.39 Å². The lowest BCUT2D eigenvalue weighted by atomic mass is 10.2. The van der Waals surface area contributed by atoms with Crippen molar-refractivity contribution >= 4 is 23.4 Å². The molecule has 28 heavy (non-hydrogen) atoms. The van der Waals surface area contributed by atoms with Gasteiger partial charge in [-0.1, -0.05) is 18.2 Å². The number of aromatic nitrogens is 4. The van der Waals surface area contributed by atoms with Gasteiger partial charge in [-0.15, -0.1) is 11.8 Å². The van der Waals surface area contributed by atoms with E-state index in [-0.39, 0.29) is 5.82 Å².